The van der Waals surface area contributed by atoms with Gasteiger partial charge in [-0.25, -0.2) is 0 Å². The van der Waals surface area contributed by atoms with Crippen molar-refractivity contribution in [1.29, 1.82) is 5.26 Å². The Morgan fingerprint density at radius 1 is 1.12 bits per heavy atom. The van der Waals surface area contributed by atoms with E-state index < -0.39 is 0 Å². The van der Waals surface area contributed by atoms with Gasteiger partial charge in [0.2, 0.25) is 0 Å². The van der Waals surface area contributed by atoms with Crippen LogP contribution < -0.4 is 5.32 Å². The summed E-state index contributed by atoms with van der Waals surface area (Å²) in [6, 6.07) is 17.9. The zero-order chi connectivity index (χ0) is 31.4. The fourth-order valence-corrected chi connectivity index (χ4v) is 6.26. The lowest BCUT2D eigenvalue weighted by molar-refractivity contribution is 0.223. The molecule has 1 aromatic heterocycles. The van der Waals surface area contributed by atoms with Crippen molar-refractivity contribution in [3.63, 3.8) is 0 Å². The van der Waals surface area contributed by atoms with Gasteiger partial charge in [0, 0.05) is 47.2 Å². The van der Waals surface area contributed by atoms with Gasteiger partial charge in [0.1, 0.15) is 6.07 Å². The Balaban J connectivity index is 0.000000432. The molecule has 2 aromatic carbocycles. The van der Waals surface area contributed by atoms with Crippen LogP contribution in [0.5, 0.6) is 0 Å². The van der Waals surface area contributed by atoms with E-state index in [0.717, 1.165) is 76.3 Å². The van der Waals surface area contributed by atoms with Crippen LogP contribution in [0, 0.1) is 29.1 Å². The van der Waals surface area contributed by atoms with Crippen LogP contribution in [0.25, 0.3) is 22.2 Å². The number of benzene rings is 2. The molecule has 0 spiro atoms. The van der Waals surface area contributed by atoms with Crippen molar-refractivity contribution in [3.05, 3.63) is 86.1 Å². The fraction of sp³-hybridized carbons (Fsp3) is 0.405. The van der Waals surface area contributed by atoms with Gasteiger partial charge in [-0.1, -0.05) is 70.9 Å². The number of rotatable bonds is 11. The summed E-state index contributed by atoms with van der Waals surface area (Å²) in [5, 5.41) is 20.5. The van der Waals surface area contributed by atoms with Gasteiger partial charge >= 0.3 is 0 Å². The first kappa shape index (κ1) is 33.8. The van der Waals surface area contributed by atoms with Crippen molar-refractivity contribution < 1.29 is 0 Å². The van der Waals surface area contributed by atoms with Crippen molar-refractivity contribution in [3.8, 4) is 17.3 Å². The van der Waals surface area contributed by atoms with Gasteiger partial charge in [0.15, 0.2) is 0 Å². The predicted molar refractivity (Wildman–Crippen MR) is 189 cm³/mol. The van der Waals surface area contributed by atoms with Gasteiger partial charge in [-0.2, -0.15) is 10.4 Å². The smallest absolute Gasteiger partial charge is 0.102 e. The quantitative estimate of drug-likeness (QED) is 0.104. The Hall–Kier alpha value is -3.69. The summed E-state index contributed by atoms with van der Waals surface area (Å²) in [7, 11) is 1.92. The monoisotopic (exact) mass is 595 g/mol. The molecule has 3 aromatic rings. The van der Waals surface area contributed by atoms with Crippen LogP contribution in [0.15, 0.2) is 90.6 Å². The van der Waals surface area contributed by atoms with Gasteiger partial charge in [-0.15, -0.1) is 11.8 Å². The first-order valence-electron chi connectivity index (χ1n) is 15.4. The maximum Gasteiger partial charge on any atom is 0.102 e. The summed E-state index contributed by atoms with van der Waals surface area (Å²) >= 11 is 1.81. The van der Waals surface area contributed by atoms with Gasteiger partial charge < -0.3 is 9.88 Å². The molecule has 2 aliphatic rings. The lowest BCUT2D eigenvalue weighted by atomic mass is 9.81. The first-order chi connectivity index (χ1) is 20.8. The molecule has 0 atom stereocenters. The van der Waals surface area contributed by atoms with Crippen molar-refractivity contribution >= 4 is 34.6 Å². The minimum Gasteiger partial charge on any atom is -0.388 e. The fourth-order valence-electron chi connectivity index (χ4n) is 5.39. The molecule has 2 fully saturated rings. The highest BCUT2D eigenvalue weighted by Crippen LogP contribution is 2.45. The Bertz CT molecular complexity index is 1410. The number of thioether (sulfide) groups is 1. The molecule has 0 unspecified atom stereocenters. The molecule has 43 heavy (non-hydrogen) atoms. The third-order valence-electron chi connectivity index (χ3n) is 8.04. The number of aromatic nitrogens is 1. The van der Waals surface area contributed by atoms with E-state index in [1.165, 1.54) is 17.7 Å². The van der Waals surface area contributed by atoms with Gasteiger partial charge in [-0.3, -0.25) is 5.01 Å². The molecule has 0 saturated heterocycles. The van der Waals surface area contributed by atoms with E-state index in [4.69, 9.17) is 0 Å². The molecular formula is C37H49N5S. The van der Waals surface area contributed by atoms with Crippen LogP contribution in [-0.4, -0.2) is 35.1 Å². The van der Waals surface area contributed by atoms with E-state index in [9.17, 15) is 5.26 Å². The molecule has 5 nitrogen and oxygen atoms in total. The third kappa shape index (κ3) is 9.15. The molecule has 0 bridgehead atoms. The number of fused-ring (bicyclic) bond motifs is 1. The number of allylic oxidation sites excluding steroid dienone is 2. The summed E-state index contributed by atoms with van der Waals surface area (Å²) < 4.78 is 2.43. The third-order valence-corrected chi connectivity index (χ3v) is 9.02. The Morgan fingerprint density at radius 2 is 1.79 bits per heavy atom. The summed E-state index contributed by atoms with van der Waals surface area (Å²) in [5.74, 6) is 3.69. The number of hydrogen-bond acceptors (Lipinski definition) is 5. The van der Waals surface area contributed by atoms with E-state index >= 15 is 0 Å². The van der Waals surface area contributed by atoms with Crippen molar-refractivity contribution in [2.45, 2.75) is 64.3 Å². The van der Waals surface area contributed by atoms with Crippen LogP contribution >= 0.6 is 11.8 Å². The molecule has 5 rings (SSSR count). The number of hydrazone groups is 1. The lowest BCUT2D eigenvalue weighted by Crippen LogP contribution is -2.25. The van der Waals surface area contributed by atoms with Crippen molar-refractivity contribution in [1.82, 2.24) is 9.58 Å². The van der Waals surface area contributed by atoms with Gasteiger partial charge in [0.05, 0.1) is 23.3 Å². The SMILES string of the molecule is C=CC=C.C=CN(CCSc1ccc2c(C#N)c(-c3ccc(NC)cc3)n(C3CC(C)C3)c2c1)/N=C\C.CC(C)C1CC1. The largest absolute Gasteiger partial charge is 0.388 e. The van der Waals surface area contributed by atoms with Gasteiger partial charge in [-0.05, 0) is 80.2 Å². The predicted octanol–water partition coefficient (Wildman–Crippen LogP) is 10.1. The number of hydrogen-bond donors (Lipinski definition) is 1. The average molecular weight is 596 g/mol. The van der Waals surface area contributed by atoms with E-state index in [2.05, 4.69) is 104 Å². The molecule has 6 heteroatoms. The summed E-state index contributed by atoms with van der Waals surface area (Å²) in [4.78, 5) is 1.21. The molecule has 0 radical (unpaired) electrons. The summed E-state index contributed by atoms with van der Waals surface area (Å²) in [5.41, 5.74) is 5.14. The Kier molecular flexibility index (Phi) is 13.2. The Morgan fingerprint density at radius 3 is 2.26 bits per heavy atom. The molecule has 2 aliphatic carbocycles. The lowest BCUT2D eigenvalue weighted by Gasteiger charge is -2.36. The van der Waals surface area contributed by atoms with Crippen molar-refractivity contribution in [2.75, 3.05) is 24.7 Å². The van der Waals surface area contributed by atoms with Crippen LogP contribution in [0.3, 0.4) is 0 Å². The molecule has 2 saturated carbocycles. The van der Waals surface area contributed by atoms with Gasteiger partial charge in [0.25, 0.3) is 0 Å². The highest BCUT2D eigenvalue weighted by Gasteiger charge is 2.32. The molecule has 228 valence electrons. The van der Waals surface area contributed by atoms with E-state index in [-0.39, 0.29) is 0 Å². The normalized spacial score (nSPS) is 17.1. The summed E-state index contributed by atoms with van der Waals surface area (Å²) in [6.45, 7) is 20.2. The van der Waals surface area contributed by atoms with E-state index in [0.29, 0.717) is 6.04 Å². The molecule has 1 heterocycles. The molecular weight excluding hydrogens is 547 g/mol. The maximum absolute atomic E-state index is 10.2. The zero-order valence-electron chi connectivity index (χ0n) is 26.7. The standard InChI is InChI=1S/C27H31N5S.C6H12.C4H6/c1-5-30-31(6-2)13-14-33-23-11-12-24-25(18-28)27(20-7-9-21(29-4)10-8-20)32(26(24)17-23)22-15-19(3)16-22;1-5(2)6-3-4-6;1-3-4-2/h5-12,17,19,22,29H,2,13-16H2,1,3-4H3;5-6H,3-4H2,1-2H3;3-4H,1-2H2/b30-5-;;. The number of nitrogens with zero attached hydrogens (tertiary/aromatic N) is 4. The molecule has 0 amide bonds. The highest BCUT2D eigenvalue weighted by atomic mass is 32.2. The number of nitriles is 1. The highest BCUT2D eigenvalue weighted by molar-refractivity contribution is 7.99. The molecule has 0 aliphatic heterocycles. The zero-order valence-corrected chi connectivity index (χ0v) is 27.5. The average Bonchev–Trinajstić information content (AvgIpc) is 3.82. The second kappa shape index (κ2) is 16.8. The minimum absolute atomic E-state index is 0.430. The van der Waals surface area contributed by atoms with Crippen molar-refractivity contribution in [2.24, 2.45) is 22.9 Å². The second-order valence-corrected chi connectivity index (χ2v) is 12.7. The Labute approximate surface area is 264 Å². The van der Waals surface area contributed by atoms with Crippen LogP contribution in [0.2, 0.25) is 0 Å². The van der Waals surface area contributed by atoms with E-state index in [1.807, 2.05) is 30.7 Å². The second-order valence-electron chi connectivity index (χ2n) is 11.6. The van der Waals surface area contributed by atoms with Crippen LogP contribution in [0.4, 0.5) is 5.69 Å². The maximum atomic E-state index is 10.2. The topological polar surface area (TPSA) is 56.4 Å². The number of nitrogens with one attached hydrogen (secondary N) is 1. The van der Waals surface area contributed by atoms with Crippen LogP contribution in [0.1, 0.15) is 65.0 Å². The molecule has 1 N–H and O–H groups in total. The number of anilines is 1. The van der Waals surface area contributed by atoms with Crippen LogP contribution in [-0.2, 0) is 0 Å². The minimum atomic E-state index is 0.430. The summed E-state index contributed by atoms with van der Waals surface area (Å²) in [6.07, 6.45) is 12.1. The van der Waals surface area contributed by atoms with E-state index in [1.54, 1.807) is 24.6 Å². The first-order valence-corrected chi connectivity index (χ1v) is 16.4.